The molecule has 4 heteroatoms. The highest BCUT2D eigenvalue weighted by Gasteiger charge is 2.11. The molecule has 0 aliphatic heterocycles. The third kappa shape index (κ3) is 4.42. The highest BCUT2D eigenvalue weighted by atomic mass is 32.2. The van der Waals surface area contributed by atoms with Crippen LogP contribution in [0.15, 0.2) is 18.2 Å². The van der Waals surface area contributed by atoms with Gasteiger partial charge in [0, 0.05) is 11.8 Å². The first-order chi connectivity index (χ1) is 8.35. The largest absolute Gasteiger partial charge is 0.324 e. The van der Waals surface area contributed by atoms with Gasteiger partial charge in [0.2, 0.25) is 0 Å². The maximum Gasteiger partial charge on any atom is 0.150 e. The molecule has 1 unspecified atom stereocenters. The average Bonchev–Trinajstić information content (AvgIpc) is 2.32. The van der Waals surface area contributed by atoms with E-state index in [1.54, 1.807) is 6.92 Å². The Hall–Kier alpha value is -0.870. The Kier molecular flexibility index (Phi) is 5.35. The van der Waals surface area contributed by atoms with E-state index in [4.69, 9.17) is 5.73 Å². The fraction of sp³-hybridized carbons (Fsp3) is 0.571. The Morgan fingerprint density at radius 1 is 1.22 bits per heavy atom. The van der Waals surface area contributed by atoms with Crippen LogP contribution in [0.3, 0.4) is 0 Å². The summed E-state index contributed by atoms with van der Waals surface area (Å²) in [7, 11) is -2.87. The molecule has 0 spiro atoms. The number of hydrogen-bond donors (Lipinski definition) is 1. The molecule has 0 fully saturated rings. The summed E-state index contributed by atoms with van der Waals surface area (Å²) in [4.78, 5) is 0. The van der Waals surface area contributed by atoms with Crippen molar-refractivity contribution in [1.29, 1.82) is 0 Å². The summed E-state index contributed by atoms with van der Waals surface area (Å²) in [6, 6.07) is 6.11. The fourth-order valence-electron chi connectivity index (χ4n) is 1.83. The molecule has 2 N–H and O–H groups in total. The second-order valence-corrected chi connectivity index (χ2v) is 7.30. The van der Waals surface area contributed by atoms with E-state index in [0.29, 0.717) is 12.8 Å². The third-order valence-corrected chi connectivity index (χ3v) is 5.16. The third-order valence-electron chi connectivity index (χ3n) is 3.37. The van der Waals surface area contributed by atoms with Gasteiger partial charge in [-0.2, -0.15) is 0 Å². The average molecular weight is 269 g/mol. The molecule has 0 saturated heterocycles. The minimum Gasteiger partial charge on any atom is -0.324 e. The number of rotatable bonds is 6. The van der Waals surface area contributed by atoms with Crippen LogP contribution < -0.4 is 5.73 Å². The smallest absolute Gasteiger partial charge is 0.150 e. The molecule has 102 valence electrons. The molecule has 0 aromatic heterocycles. The number of nitrogens with two attached hydrogens (primary N) is 1. The lowest BCUT2D eigenvalue weighted by atomic mass is 9.99. The van der Waals surface area contributed by atoms with Crippen molar-refractivity contribution >= 4 is 9.84 Å². The van der Waals surface area contributed by atoms with Crippen LogP contribution in [0.5, 0.6) is 0 Å². The normalized spacial score (nSPS) is 13.6. The van der Waals surface area contributed by atoms with E-state index in [0.717, 1.165) is 5.56 Å². The molecule has 1 aromatic rings. The van der Waals surface area contributed by atoms with Crippen LogP contribution in [0, 0.1) is 13.8 Å². The topological polar surface area (TPSA) is 60.2 Å². The molecular formula is C14H23NO2S. The van der Waals surface area contributed by atoms with Crippen LogP contribution in [0.4, 0.5) is 0 Å². The lowest BCUT2D eigenvalue weighted by Gasteiger charge is -2.13. The van der Waals surface area contributed by atoms with Gasteiger partial charge in [-0.3, -0.25) is 0 Å². The Morgan fingerprint density at radius 2 is 1.89 bits per heavy atom. The molecule has 1 aromatic carbocycles. The molecular weight excluding hydrogens is 246 g/mol. The first kappa shape index (κ1) is 15.2. The van der Waals surface area contributed by atoms with Crippen LogP contribution in [0.2, 0.25) is 0 Å². The van der Waals surface area contributed by atoms with Gasteiger partial charge in [0.15, 0.2) is 0 Å². The summed E-state index contributed by atoms with van der Waals surface area (Å²) < 4.78 is 22.8. The van der Waals surface area contributed by atoms with Gasteiger partial charge in [0.1, 0.15) is 9.84 Å². The number of hydrogen-bond acceptors (Lipinski definition) is 3. The maximum absolute atomic E-state index is 11.4. The van der Waals surface area contributed by atoms with Crippen molar-refractivity contribution in [2.24, 2.45) is 5.73 Å². The van der Waals surface area contributed by atoms with Crippen molar-refractivity contribution in [3.63, 3.8) is 0 Å². The van der Waals surface area contributed by atoms with E-state index >= 15 is 0 Å². The lowest BCUT2D eigenvalue weighted by Crippen LogP contribution is -2.14. The monoisotopic (exact) mass is 269 g/mol. The first-order valence-electron chi connectivity index (χ1n) is 6.39. The first-order valence-corrected chi connectivity index (χ1v) is 8.21. The number of benzene rings is 1. The van der Waals surface area contributed by atoms with Crippen LogP contribution in [0.25, 0.3) is 0 Å². The molecule has 0 aliphatic rings. The zero-order valence-corrected chi connectivity index (χ0v) is 12.3. The summed E-state index contributed by atoms with van der Waals surface area (Å²) in [5.74, 6) is 0.452. The van der Waals surface area contributed by atoms with Crippen molar-refractivity contribution in [2.75, 3.05) is 11.5 Å². The summed E-state index contributed by atoms with van der Waals surface area (Å²) in [5.41, 5.74) is 9.66. The lowest BCUT2D eigenvalue weighted by molar-refractivity contribution is 0.584. The van der Waals surface area contributed by atoms with Crippen LogP contribution in [-0.4, -0.2) is 19.9 Å². The summed E-state index contributed by atoms with van der Waals surface area (Å²) in [6.07, 6.45) is 1.34. The molecule has 1 rings (SSSR count). The van der Waals surface area contributed by atoms with Gasteiger partial charge in [-0.1, -0.05) is 25.1 Å². The van der Waals surface area contributed by atoms with E-state index in [1.165, 1.54) is 11.1 Å². The molecule has 0 saturated carbocycles. The second-order valence-electron chi connectivity index (χ2n) is 4.83. The Labute approximate surface area is 110 Å². The predicted octanol–water partition coefficient (Wildman–Crippen LogP) is 2.52. The van der Waals surface area contributed by atoms with Gasteiger partial charge < -0.3 is 5.73 Å². The van der Waals surface area contributed by atoms with Gasteiger partial charge in [-0.15, -0.1) is 0 Å². The molecule has 18 heavy (non-hydrogen) atoms. The van der Waals surface area contributed by atoms with E-state index in [1.807, 2.05) is 6.07 Å². The van der Waals surface area contributed by atoms with Gasteiger partial charge in [-0.05, 0) is 43.4 Å². The summed E-state index contributed by atoms with van der Waals surface area (Å²) in [5, 5.41) is 0. The SMILES string of the molecule is CCS(=O)(=O)CCCC(N)c1ccc(C)c(C)c1. The second kappa shape index (κ2) is 6.34. The molecule has 0 radical (unpaired) electrons. The van der Waals surface area contributed by atoms with E-state index in [2.05, 4.69) is 26.0 Å². The highest BCUT2D eigenvalue weighted by molar-refractivity contribution is 7.91. The Morgan fingerprint density at radius 3 is 2.44 bits per heavy atom. The Balaban J connectivity index is 2.55. The molecule has 0 bridgehead atoms. The van der Waals surface area contributed by atoms with Crippen molar-refractivity contribution in [1.82, 2.24) is 0 Å². The van der Waals surface area contributed by atoms with E-state index in [-0.39, 0.29) is 17.5 Å². The molecule has 0 aliphatic carbocycles. The molecule has 0 amide bonds. The molecule has 0 heterocycles. The predicted molar refractivity (Wildman–Crippen MR) is 76.4 cm³/mol. The van der Waals surface area contributed by atoms with E-state index < -0.39 is 9.84 Å². The van der Waals surface area contributed by atoms with Crippen molar-refractivity contribution in [2.45, 2.75) is 39.7 Å². The minimum atomic E-state index is -2.87. The fourth-order valence-corrected chi connectivity index (χ4v) is 2.72. The van der Waals surface area contributed by atoms with Gasteiger partial charge in [-0.25, -0.2) is 8.42 Å². The number of sulfone groups is 1. The number of aryl methyl sites for hydroxylation is 2. The minimum absolute atomic E-state index is 0.0728. The molecule has 3 nitrogen and oxygen atoms in total. The summed E-state index contributed by atoms with van der Waals surface area (Å²) in [6.45, 7) is 5.81. The maximum atomic E-state index is 11.4. The highest BCUT2D eigenvalue weighted by Crippen LogP contribution is 2.19. The van der Waals surface area contributed by atoms with Crippen molar-refractivity contribution in [3.05, 3.63) is 34.9 Å². The van der Waals surface area contributed by atoms with Crippen LogP contribution in [-0.2, 0) is 9.84 Å². The zero-order valence-electron chi connectivity index (χ0n) is 11.4. The molecule has 1 atom stereocenters. The van der Waals surface area contributed by atoms with Crippen LogP contribution >= 0.6 is 0 Å². The van der Waals surface area contributed by atoms with E-state index in [9.17, 15) is 8.42 Å². The van der Waals surface area contributed by atoms with Gasteiger partial charge in [0.25, 0.3) is 0 Å². The standard InChI is InChI=1S/C14H23NO2S/c1-4-18(16,17)9-5-6-14(15)13-8-7-11(2)12(3)10-13/h7-8,10,14H,4-6,9,15H2,1-3H3. The quantitative estimate of drug-likeness (QED) is 0.863. The zero-order chi connectivity index (χ0) is 13.8. The van der Waals surface area contributed by atoms with Crippen molar-refractivity contribution in [3.8, 4) is 0 Å². The van der Waals surface area contributed by atoms with Crippen molar-refractivity contribution < 1.29 is 8.42 Å². The Bertz CT molecular complexity index is 495. The van der Waals surface area contributed by atoms with Gasteiger partial charge in [0.05, 0.1) is 5.75 Å². The summed E-state index contributed by atoms with van der Waals surface area (Å²) >= 11 is 0. The van der Waals surface area contributed by atoms with Crippen LogP contribution in [0.1, 0.15) is 42.5 Å². The van der Waals surface area contributed by atoms with Gasteiger partial charge >= 0.3 is 0 Å².